The molecule has 2 aromatic rings. The number of nitrogens with one attached hydrogen (secondary N) is 2. The van der Waals surface area contributed by atoms with Gasteiger partial charge in [0.1, 0.15) is 5.82 Å². The van der Waals surface area contributed by atoms with Gasteiger partial charge < -0.3 is 5.32 Å². The van der Waals surface area contributed by atoms with E-state index in [-0.39, 0.29) is 11.9 Å². The maximum absolute atomic E-state index is 11.8. The average Bonchev–Trinajstić information content (AvgIpc) is 2.75. The van der Waals surface area contributed by atoms with Crippen molar-refractivity contribution in [1.82, 2.24) is 15.1 Å². The second-order valence-electron chi connectivity index (χ2n) is 4.94. The zero-order valence-corrected chi connectivity index (χ0v) is 12.1. The zero-order valence-electron chi connectivity index (χ0n) is 12.1. The number of hydrogen-bond acceptors (Lipinski definition) is 2. The maximum atomic E-state index is 11.8. The van der Waals surface area contributed by atoms with Gasteiger partial charge in [0.15, 0.2) is 0 Å². The third kappa shape index (κ3) is 3.60. The number of amides is 2. The molecule has 0 aliphatic carbocycles. The van der Waals surface area contributed by atoms with Gasteiger partial charge in [-0.15, -0.1) is 0 Å². The second kappa shape index (κ2) is 6.23. The smallest absolute Gasteiger partial charge is 0.320 e. The fraction of sp³-hybridized carbons (Fsp3) is 0.333. The quantitative estimate of drug-likeness (QED) is 0.899. The Morgan fingerprint density at radius 2 is 2.05 bits per heavy atom. The number of carbonyl (C=O) groups excluding carboxylic acids is 1. The molecule has 0 radical (unpaired) electrons. The zero-order chi connectivity index (χ0) is 14.5. The first-order valence-electron chi connectivity index (χ1n) is 6.66. The third-order valence-corrected chi connectivity index (χ3v) is 3.18. The molecular formula is C15H20N4O. The van der Waals surface area contributed by atoms with E-state index >= 15 is 0 Å². The summed E-state index contributed by atoms with van der Waals surface area (Å²) in [5, 5.41) is 9.84. The molecular weight excluding hydrogens is 252 g/mol. The third-order valence-electron chi connectivity index (χ3n) is 3.18. The monoisotopic (exact) mass is 272 g/mol. The molecule has 0 saturated heterocycles. The average molecular weight is 272 g/mol. The first-order chi connectivity index (χ1) is 9.56. The Kier molecular flexibility index (Phi) is 4.40. The standard InChI is InChI=1S/C15H20N4O/c1-11(13-7-5-4-6-8-13)10-16-15(20)17-14-9-12(2)18-19(14)3/h4-9,11H,10H2,1-3H3,(H2,16,17,20). The van der Waals surface area contributed by atoms with Crippen molar-refractivity contribution in [2.45, 2.75) is 19.8 Å². The van der Waals surface area contributed by atoms with Gasteiger partial charge >= 0.3 is 6.03 Å². The molecule has 106 valence electrons. The van der Waals surface area contributed by atoms with Gasteiger partial charge in [0.05, 0.1) is 5.69 Å². The Bertz CT molecular complexity index is 577. The molecule has 5 nitrogen and oxygen atoms in total. The highest BCUT2D eigenvalue weighted by molar-refractivity contribution is 5.88. The summed E-state index contributed by atoms with van der Waals surface area (Å²) in [5.41, 5.74) is 2.09. The highest BCUT2D eigenvalue weighted by Crippen LogP contribution is 2.13. The number of nitrogens with zero attached hydrogens (tertiary/aromatic N) is 2. The van der Waals surface area contributed by atoms with Gasteiger partial charge in [0.2, 0.25) is 0 Å². The summed E-state index contributed by atoms with van der Waals surface area (Å²) in [7, 11) is 1.80. The van der Waals surface area contributed by atoms with Crippen molar-refractivity contribution in [3.63, 3.8) is 0 Å². The number of hydrogen-bond donors (Lipinski definition) is 2. The van der Waals surface area contributed by atoms with Crippen molar-refractivity contribution in [3.8, 4) is 0 Å². The number of benzene rings is 1. The van der Waals surface area contributed by atoms with Crippen LogP contribution in [-0.2, 0) is 7.05 Å². The van der Waals surface area contributed by atoms with Crippen LogP contribution in [0.5, 0.6) is 0 Å². The minimum absolute atomic E-state index is 0.212. The molecule has 1 aromatic heterocycles. The first-order valence-corrected chi connectivity index (χ1v) is 6.66. The molecule has 1 unspecified atom stereocenters. The number of aryl methyl sites for hydroxylation is 2. The fourth-order valence-corrected chi connectivity index (χ4v) is 2.03. The van der Waals surface area contributed by atoms with E-state index in [9.17, 15) is 4.79 Å². The summed E-state index contributed by atoms with van der Waals surface area (Å²) >= 11 is 0. The van der Waals surface area contributed by atoms with Crippen molar-refractivity contribution in [1.29, 1.82) is 0 Å². The van der Waals surface area contributed by atoms with Crippen LogP contribution in [0.15, 0.2) is 36.4 Å². The number of anilines is 1. The largest absolute Gasteiger partial charge is 0.337 e. The molecule has 0 saturated carbocycles. The van der Waals surface area contributed by atoms with Gasteiger partial charge in [0, 0.05) is 19.7 Å². The van der Waals surface area contributed by atoms with Crippen molar-refractivity contribution in [2.75, 3.05) is 11.9 Å². The molecule has 0 bridgehead atoms. The highest BCUT2D eigenvalue weighted by Gasteiger charge is 2.09. The van der Waals surface area contributed by atoms with Gasteiger partial charge in [-0.25, -0.2) is 4.79 Å². The molecule has 2 N–H and O–H groups in total. The lowest BCUT2D eigenvalue weighted by Gasteiger charge is -2.13. The summed E-state index contributed by atoms with van der Waals surface area (Å²) in [6, 6.07) is 11.7. The minimum Gasteiger partial charge on any atom is -0.337 e. The van der Waals surface area contributed by atoms with Crippen LogP contribution in [0, 0.1) is 6.92 Å². The number of rotatable bonds is 4. The molecule has 0 aliphatic heterocycles. The molecule has 1 aromatic carbocycles. The Labute approximate surface area is 119 Å². The van der Waals surface area contributed by atoms with Crippen molar-refractivity contribution in [2.24, 2.45) is 7.05 Å². The fourth-order valence-electron chi connectivity index (χ4n) is 2.03. The van der Waals surface area contributed by atoms with E-state index in [1.165, 1.54) is 5.56 Å². The topological polar surface area (TPSA) is 59.0 Å². The lowest BCUT2D eigenvalue weighted by atomic mass is 10.0. The van der Waals surface area contributed by atoms with E-state index in [4.69, 9.17) is 0 Å². The van der Waals surface area contributed by atoms with Gasteiger partial charge in [-0.3, -0.25) is 10.00 Å². The molecule has 1 atom stereocenters. The van der Waals surface area contributed by atoms with Crippen LogP contribution >= 0.6 is 0 Å². The Morgan fingerprint density at radius 1 is 1.35 bits per heavy atom. The summed E-state index contributed by atoms with van der Waals surface area (Å²) in [5.74, 6) is 0.961. The molecule has 0 aliphatic rings. The van der Waals surface area contributed by atoms with E-state index < -0.39 is 0 Å². The Balaban J connectivity index is 1.85. The molecule has 1 heterocycles. The van der Waals surface area contributed by atoms with Gasteiger partial charge in [-0.1, -0.05) is 37.3 Å². The molecule has 20 heavy (non-hydrogen) atoms. The van der Waals surface area contributed by atoms with Gasteiger partial charge in [-0.05, 0) is 18.4 Å². The van der Waals surface area contributed by atoms with Crippen LogP contribution in [0.4, 0.5) is 10.6 Å². The molecule has 2 rings (SSSR count). The van der Waals surface area contributed by atoms with Gasteiger partial charge in [0.25, 0.3) is 0 Å². The lowest BCUT2D eigenvalue weighted by Crippen LogP contribution is -2.32. The molecule has 5 heteroatoms. The van der Waals surface area contributed by atoms with E-state index in [1.807, 2.05) is 31.2 Å². The van der Waals surface area contributed by atoms with Crippen molar-refractivity contribution >= 4 is 11.8 Å². The number of urea groups is 1. The highest BCUT2D eigenvalue weighted by atomic mass is 16.2. The number of carbonyl (C=O) groups is 1. The minimum atomic E-state index is -0.212. The van der Waals surface area contributed by atoms with Crippen LogP contribution in [0.1, 0.15) is 24.1 Å². The van der Waals surface area contributed by atoms with Crippen molar-refractivity contribution in [3.05, 3.63) is 47.7 Å². The van der Waals surface area contributed by atoms with E-state index in [1.54, 1.807) is 11.7 Å². The SMILES string of the molecule is Cc1cc(NC(=O)NCC(C)c2ccccc2)n(C)n1. The summed E-state index contributed by atoms with van der Waals surface area (Å²) in [6.45, 7) is 4.57. The second-order valence-corrected chi connectivity index (χ2v) is 4.94. The van der Waals surface area contributed by atoms with E-state index in [2.05, 4.69) is 34.8 Å². The van der Waals surface area contributed by atoms with Crippen molar-refractivity contribution < 1.29 is 4.79 Å². The summed E-state index contributed by atoms with van der Waals surface area (Å²) in [6.07, 6.45) is 0. The molecule has 0 spiro atoms. The Hall–Kier alpha value is -2.30. The van der Waals surface area contributed by atoms with Crippen LogP contribution in [-0.4, -0.2) is 22.4 Å². The van der Waals surface area contributed by atoms with Crippen LogP contribution in [0.2, 0.25) is 0 Å². The summed E-state index contributed by atoms with van der Waals surface area (Å²) < 4.78 is 1.65. The lowest BCUT2D eigenvalue weighted by molar-refractivity contribution is 0.251. The van der Waals surface area contributed by atoms with Crippen LogP contribution in [0.3, 0.4) is 0 Å². The summed E-state index contributed by atoms with van der Waals surface area (Å²) in [4.78, 5) is 11.8. The van der Waals surface area contributed by atoms with Crippen LogP contribution in [0.25, 0.3) is 0 Å². The first kappa shape index (κ1) is 14.1. The maximum Gasteiger partial charge on any atom is 0.320 e. The Morgan fingerprint density at radius 3 is 2.65 bits per heavy atom. The normalized spacial score (nSPS) is 11.9. The predicted molar refractivity (Wildman–Crippen MR) is 79.8 cm³/mol. The molecule has 2 amide bonds. The predicted octanol–water partition coefficient (Wildman–Crippen LogP) is 2.65. The van der Waals surface area contributed by atoms with Gasteiger partial charge in [-0.2, -0.15) is 5.10 Å². The number of aromatic nitrogens is 2. The van der Waals surface area contributed by atoms with E-state index in [0.29, 0.717) is 12.4 Å². The van der Waals surface area contributed by atoms with Crippen LogP contribution < -0.4 is 10.6 Å². The molecule has 0 fully saturated rings. The van der Waals surface area contributed by atoms with E-state index in [0.717, 1.165) is 5.69 Å².